The molecule has 2 fully saturated rings. The van der Waals surface area contributed by atoms with Crippen LogP contribution in [0.2, 0.25) is 5.02 Å². The molecule has 168 valence electrons. The summed E-state index contributed by atoms with van der Waals surface area (Å²) in [6.07, 6.45) is 2.06. The highest BCUT2D eigenvalue weighted by Gasteiger charge is 2.38. The summed E-state index contributed by atoms with van der Waals surface area (Å²) in [6, 6.07) is 14.0. The van der Waals surface area contributed by atoms with Crippen LogP contribution in [0.4, 0.5) is 5.95 Å². The normalized spacial score (nSPS) is 18.9. The molecule has 1 aliphatic carbocycles. The van der Waals surface area contributed by atoms with Gasteiger partial charge in [-0.15, -0.1) is 10.2 Å². The number of aryl methyl sites for hydroxylation is 1. The van der Waals surface area contributed by atoms with Gasteiger partial charge in [0.15, 0.2) is 11.5 Å². The Morgan fingerprint density at radius 2 is 1.91 bits per heavy atom. The van der Waals surface area contributed by atoms with Crippen LogP contribution in [0.3, 0.4) is 0 Å². The number of benzene rings is 2. The Morgan fingerprint density at radius 1 is 1.09 bits per heavy atom. The van der Waals surface area contributed by atoms with E-state index in [-0.39, 0.29) is 12.0 Å². The fourth-order valence-corrected chi connectivity index (χ4v) is 5.00. The lowest BCUT2D eigenvalue weighted by Crippen LogP contribution is -2.55. The number of nitrogens with zero attached hydrogens (tertiary/aromatic N) is 6. The van der Waals surface area contributed by atoms with Crippen LogP contribution in [0.5, 0.6) is 0 Å². The van der Waals surface area contributed by atoms with Crippen molar-refractivity contribution in [1.29, 1.82) is 0 Å². The molecule has 0 unspecified atom stereocenters. The highest BCUT2D eigenvalue weighted by Crippen LogP contribution is 2.34. The number of carbonyl (C=O) groups excluding carboxylic acids is 1. The Labute approximate surface area is 197 Å². The van der Waals surface area contributed by atoms with Crippen LogP contribution in [0, 0.1) is 12.8 Å². The molecule has 7 nitrogen and oxygen atoms in total. The standard InChI is InChI=1S/C25H25ClN6O/c1-15-5-3-4-6-19(15)22-28-29-23-20-10-9-18(26)13-21(20)27-25(32(22)23)30-11-12-31(16(2)14-30)24(33)17-7-8-17/h3-6,9-10,13,16-17H,7-8,11-12,14H2,1-2H3/t16-/m1/s1. The second-order valence-corrected chi connectivity index (χ2v) is 9.61. The zero-order valence-electron chi connectivity index (χ0n) is 18.7. The Hall–Kier alpha value is -3.19. The van der Waals surface area contributed by atoms with Crippen molar-refractivity contribution in [2.75, 3.05) is 24.5 Å². The van der Waals surface area contributed by atoms with Crippen LogP contribution in [0.1, 0.15) is 25.3 Å². The van der Waals surface area contributed by atoms with Gasteiger partial charge < -0.3 is 9.80 Å². The Bertz CT molecular complexity index is 1390. The number of hydrogen-bond acceptors (Lipinski definition) is 5. The molecule has 0 radical (unpaired) electrons. The average Bonchev–Trinajstić information content (AvgIpc) is 3.57. The highest BCUT2D eigenvalue weighted by molar-refractivity contribution is 6.31. The number of piperazine rings is 1. The minimum atomic E-state index is 0.108. The molecule has 0 N–H and O–H groups in total. The Morgan fingerprint density at radius 3 is 2.67 bits per heavy atom. The predicted molar refractivity (Wildman–Crippen MR) is 130 cm³/mol. The summed E-state index contributed by atoms with van der Waals surface area (Å²) in [4.78, 5) is 22.1. The smallest absolute Gasteiger partial charge is 0.226 e. The van der Waals surface area contributed by atoms with Crippen LogP contribution in [0.25, 0.3) is 27.9 Å². The summed E-state index contributed by atoms with van der Waals surface area (Å²) in [6.45, 7) is 6.31. The first-order valence-electron chi connectivity index (χ1n) is 11.5. The van der Waals surface area contributed by atoms with Crippen molar-refractivity contribution in [2.24, 2.45) is 5.92 Å². The maximum Gasteiger partial charge on any atom is 0.226 e. The maximum absolute atomic E-state index is 12.7. The zero-order valence-corrected chi connectivity index (χ0v) is 19.5. The van der Waals surface area contributed by atoms with Crippen molar-refractivity contribution in [1.82, 2.24) is 24.5 Å². The second-order valence-electron chi connectivity index (χ2n) is 9.17. The summed E-state index contributed by atoms with van der Waals surface area (Å²) in [5.41, 5.74) is 3.70. The SMILES string of the molecule is Cc1ccccc1-c1nnc2c3ccc(Cl)cc3nc(N3CCN(C(=O)C4CC4)[C@H](C)C3)n12. The molecule has 1 atom stereocenters. The molecule has 1 saturated carbocycles. The topological polar surface area (TPSA) is 66.6 Å². The molecule has 8 heteroatoms. The van der Waals surface area contributed by atoms with E-state index < -0.39 is 0 Å². The van der Waals surface area contributed by atoms with E-state index in [1.54, 1.807) is 0 Å². The number of rotatable bonds is 3. The summed E-state index contributed by atoms with van der Waals surface area (Å²) in [5, 5.41) is 10.7. The Kier molecular flexibility index (Phi) is 4.76. The van der Waals surface area contributed by atoms with Crippen LogP contribution >= 0.6 is 11.6 Å². The van der Waals surface area contributed by atoms with Crippen LogP contribution in [-0.2, 0) is 4.79 Å². The number of aromatic nitrogens is 4. The molecular formula is C25H25ClN6O. The summed E-state index contributed by atoms with van der Waals surface area (Å²) in [7, 11) is 0. The highest BCUT2D eigenvalue weighted by atomic mass is 35.5. The van der Waals surface area contributed by atoms with Gasteiger partial charge in [-0.25, -0.2) is 9.38 Å². The van der Waals surface area contributed by atoms with E-state index in [0.29, 0.717) is 30.6 Å². The number of anilines is 1. The van der Waals surface area contributed by atoms with Crippen molar-refractivity contribution in [3.05, 3.63) is 53.1 Å². The van der Waals surface area contributed by atoms with E-state index in [0.717, 1.165) is 52.3 Å². The minimum Gasteiger partial charge on any atom is -0.338 e. The predicted octanol–water partition coefficient (Wildman–Crippen LogP) is 4.35. The molecule has 2 aromatic carbocycles. The van der Waals surface area contributed by atoms with Gasteiger partial charge in [0, 0.05) is 47.6 Å². The molecule has 33 heavy (non-hydrogen) atoms. The molecule has 6 rings (SSSR count). The number of halogens is 1. The number of hydrogen-bond donors (Lipinski definition) is 0. The van der Waals surface area contributed by atoms with Gasteiger partial charge in [-0.05, 0) is 50.5 Å². The summed E-state index contributed by atoms with van der Waals surface area (Å²) >= 11 is 6.30. The molecule has 1 saturated heterocycles. The van der Waals surface area contributed by atoms with Crippen LogP contribution in [-0.4, -0.2) is 56.1 Å². The van der Waals surface area contributed by atoms with E-state index in [1.807, 2.05) is 35.2 Å². The van der Waals surface area contributed by atoms with E-state index in [9.17, 15) is 4.79 Å². The van der Waals surface area contributed by atoms with Gasteiger partial charge >= 0.3 is 0 Å². The van der Waals surface area contributed by atoms with Gasteiger partial charge in [-0.1, -0.05) is 35.9 Å². The first-order chi connectivity index (χ1) is 16.0. The molecular weight excluding hydrogens is 436 g/mol. The van der Waals surface area contributed by atoms with Crippen molar-refractivity contribution >= 4 is 40.0 Å². The Balaban J connectivity index is 1.50. The molecule has 3 heterocycles. The van der Waals surface area contributed by atoms with E-state index >= 15 is 0 Å². The molecule has 0 spiro atoms. The van der Waals surface area contributed by atoms with Gasteiger partial charge in [-0.3, -0.25) is 4.79 Å². The lowest BCUT2D eigenvalue weighted by atomic mass is 10.1. The van der Waals surface area contributed by atoms with E-state index in [4.69, 9.17) is 16.6 Å². The maximum atomic E-state index is 12.7. The van der Waals surface area contributed by atoms with Crippen molar-refractivity contribution in [3.63, 3.8) is 0 Å². The second kappa shape index (κ2) is 7.70. The number of carbonyl (C=O) groups is 1. The van der Waals surface area contributed by atoms with Gasteiger partial charge in [0.05, 0.1) is 5.52 Å². The van der Waals surface area contributed by atoms with Crippen molar-refractivity contribution in [2.45, 2.75) is 32.7 Å². The quantitative estimate of drug-likeness (QED) is 0.454. The lowest BCUT2D eigenvalue weighted by Gasteiger charge is -2.40. The monoisotopic (exact) mass is 460 g/mol. The summed E-state index contributed by atoms with van der Waals surface area (Å²) in [5.74, 6) is 2.09. The largest absolute Gasteiger partial charge is 0.338 e. The average molecular weight is 461 g/mol. The van der Waals surface area contributed by atoms with Crippen molar-refractivity contribution in [3.8, 4) is 11.4 Å². The minimum absolute atomic E-state index is 0.108. The third-order valence-electron chi connectivity index (χ3n) is 6.79. The number of fused-ring (bicyclic) bond motifs is 3. The van der Waals surface area contributed by atoms with Gasteiger partial charge in [-0.2, -0.15) is 0 Å². The van der Waals surface area contributed by atoms with Gasteiger partial charge in [0.1, 0.15) is 0 Å². The first-order valence-corrected chi connectivity index (χ1v) is 11.8. The van der Waals surface area contributed by atoms with Gasteiger partial charge in [0.25, 0.3) is 0 Å². The molecule has 2 aromatic heterocycles. The van der Waals surface area contributed by atoms with Gasteiger partial charge in [0.2, 0.25) is 11.9 Å². The third kappa shape index (κ3) is 3.42. The lowest BCUT2D eigenvalue weighted by molar-refractivity contribution is -0.134. The fraction of sp³-hybridized carbons (Fsp3) is 0.360. The fourth-order valence-electron chi connectivity index (χ4n) is 4.83. The molecule has 1 aliphatic heterocycles. The zero-order chi connectivity index (χ0) is 22.7. The first kappa shape index (κ1) is 20.4. The molecule has 0 bridgehead atoms. The van der Waals surface area contributed by atoms with E-state index in [2.05, 4.69) is 45.5 Å². The molecule has 4 aromatic rings. The molecule has 1 amide bonds. The van der Waals surface area contributed by atoms with Crippen molar-refractivity contribution < 1.29 is 4.79 Å². The third-order valence-corrected chi connectivity index (χ3v) is 7.03. The summed E-state index contributed by atoms with van der Waals surface area (Å²) < 4.78 is 2.06. The van der Waals surface area contributed by atoms with E-state index in [1.165, 1.54) is 0 Å². The van der Waals surface area contributed by atoms with Crippen LogP contribution in [0.15, 0.2) is 42.5 Å². The molecule has 2 aliphatic rings. The van der Waals surface area contributed by atoms with Crippen LogP contribution < -0.4 is 4.90 Å². The number of amides is 1.